The smallest absolute Gasteiger partial charge is 0.234 e. The van der Waals surface area contributed by atoms with E-state index in [-0.39, 0.29) is 5.91 Å². The van der Waals surface area contributed by atoms with Crippen molar-refractivity contribution in [2.75, 3.05) is 13.1 Å². The molecule has 0 aliphatic heterocycles. The Morgan fingerprint density at radius 3 is 3.00 bits per heavy atom. The van der Waals surface area contributed by atoms with Crippen LogP contribution in [0.1, 0.15) is 24.9 Å². The van der Waals surface area contributed by atoms with Gasteiger partial charge in [-0.15, -0.1) is 0 Å². The number of rotatable bonds is 6. The lowest BCUT2D eigenvalue weighted by Crippen LogP contribution is -2.34. The van der Waals surface area contributed by atoms with Gasteiger partial charge >= 0.3 is 0 Å². The minimum Gasteiger partial charge on any atom is -0.349 e. The van der Waals surface area contributed by atoms with Crippen molar-refractivity contribution in [1.82, 2.24) is 20.6 Å². The van der Waals surface area contributed by atoms with Crippen molar-refractivity contribution in [3.8, 4) is 0 Å². The molecule has 0 aliphatic carbocycles. The van der Waals surface area contributed by atoms with Crippen molar-refractivity contribution in [2.45, 2.75) is 26.8 Å². The number of carbonyl (C=O) groups is 1. The quantitative estimate of drug-likeness (QED) is 0.684. The zero-order chi connectivity index (χ0) is 11.8. The number of amides is 1. The SMILES string of the molecule is CCCNCC(=O)NCc1ccnc(C)n1. The predicted octanol–water partition coefficient (Wildman–Crippen LogP) is 0.401. The fourth-order valence-corrected chi connectivity index (χ4v) is 1.23. The van der Waals surface area contributed by atoms with E-state index in [2.05, 4.69) is 27.5 Å². The van der Waals surface area contributed by atoms with Gasteiger partial charge < -0.3 is 10.6 Å². The van der Waals surface area contributed by atoms with E-state index >= 15 is 0 Å². The van der Waals surface area contributed by atoms with Gasteiger partial charge in [0.25, 0.3) is 0 Å². The summed E-state index contributed by atoms with van der Waals surface area (Å²) in [5, 5.41) is 5.83. The molecule has 0 saturated heterocycles. The van der Waals surface area contributed by atoms with Crippen LogP contribution in [0.5, 0.6) is 0 Å². The lowest BCUT2D eigenvalue weighted by atomic mass is 10.4. The number of carbonyl (C=O) groups excluding carboxylic acids is 1. The third-order valence-corrected chi connectivity index (χ3v) is 2.01. The molecule has 1 aromatic rings. The zero-order valence-electron chi connectivity index (χ0n) is 9.79. The van der Waals surface area contributed by atoms with Crippen LogP contribution in [0.15, 0.2) is 12.3 Å². The molecule has 0 unspecified atom stereocenters. The summed E-state index contributed by atoms with van der Waals surface area (Å²) >= 11 is 0. The third-order valence-electron chi connectivity index (χ3n) is 2.01. The summed E-state index contributed by atoms with van der Waals surface area (Å²) in [6.45, 7) is 5.57. The van der Waals surface area contributed by atoms with Crippen LogP contribution in [-0.4, -0.2) is 29.0 Å². The Hall–Kier alpha value is -1.49. The first-order chi connectivity index (χ1) is 7.72. The van der Waals surface area contributed by atoms with Gasteiger partial charge in [-0.1, -0.05) is 6.92 Å². The molecule has 0 atom stereocenters. The molecule has 0 radical (unpaired) electrons. The molecule has 2 N–H and O–H groups in total. The van der Waals surface area contributed by atoms with Gasteiger partial charge in [0.05, 0.1) is 18.8 Å². The Kier molecular flexibility index (Phi) is 5.42. The second-order valence-corrected chi connectivity index (χ2v) is 3.55. The molecule has 0 spiro atoms. The number of hydrogen-bond donors (Lipinski definition) is 2. The second kappa shape index (κ2) is 6.90. The highest BCUT2D eigenvalue weighted by Gasteiger charge is 2.01. The fraction of sp³-hybridized carbons (Fsp3) is 0.545. The first kappa shape index (κ1) is 12.6. The van der Waals surface area contributed by atoms with Crippen LogP contribution in [0.2, 0.25) is 0 Å². The van der Waals surface area contributed by atoms with E-state index < -0.39 is 0 Å². The maximum absolute atomic E-state index is 11.4. The molecule has 0 saturated carbocycles. The van der Waals surface area contributed by atoms with Crippen molar-refractivity contribution in [3.05, 3.63) is 23.8 Å². The molecule has 88 valence electrons. The monoisotopic (exact) mass is 222 g/mol. The molecule has 1 rings (SSSR count). The highest BCUT2D eigenvalue weighted by atomic mass is 16.1. The maximum Gasteiger partial charge on any atom is 0.234 e. The molecule has 5 heteroatoms. The second-order valence-electron chi connectivity index (χ2n) is 3.55. The van der Waals surface area contributed by atoms with Gasteiger partial charge in [-0.05, 0) is 26.0 Å². The molecule has 0 aliphatic rings. The molecule has 5 nitrogen and oxygen atoms in total. The number of hydrogen-bond acceptors (Lipinski definition) is 4. The van der Waals surface area contributed by atoms with Crippen molar-refractivity contribution < 1.29 is 4.79 Å². The Morgan fingerprint density at radius 1 is 1.50 bits per heavy atom. The first-order valence-electron chi connectivity index (χ1n) is 5.48. The van der Waals surface area contributed by atoms with E-state index in [0.29, 0.717) is 13.1 Å². The van der Waals surface area contributed by atoms with Gasteiger partial charge in [0.1, 0.15) is 5.82 Å². The summed E-state index contributed by atoms with van der Waals surface area (Å²) in [7, 11) is 0. The Bertz CT molecular complexity index is 341. The van der Waals surface area contributed by atoms with Gasteiger partial charge in [-0.3, -0.25) is 4.79 Å². The topological polar surface area (TPSA) is 66.9 Å². The van der Waals surface area contributed by atoms with E-state index in [4.69, 9.17) is 0 Å². The third kappa shape index (κ3) is 4.84. The van der Waals surface area contributed by atoms with Crippen molar-refractivity contribution >= 4 is 5.91 Å². The van der Waals surface area contributed by atoms with Crippen LogP contribution in [0.4, 0.5) is 0 Å². The molecule has 0 fully saturated rings. The molecule has 1 amide bonds. The van der Waals surface area contributed by atoms with Crippen molar-refractivity contribution in [3.63, 3.8) is 0 Å². The molecular formula is C11H18N4O. The molecule has 0 aromatic carbocycles. The van der Waals surface area contributed by atoms with E-state index in [1.807, 2.05) is 6.92 Å². The number of nitrogens with zero attached hydrogens (tertiary/aromatic N) is 2. The first-order valence-corrected chi connectivity index (χ1v) is 5.48. The summed E-state index contributed by atoms with van der Waals surface area (Å²) in [6.07, 6.45) is 2.72. The van der Waals surface area contributed by atoms with Crippen LogP contribution in [0.25, 0.3) is 0 Å². The number of aryl methyl sites for hydroxylation is 1. The fourth-order valence-electron chi connectivity index (χ4n) is 1.23. The number of aromatic nitrogens is 2. The Labute approximate surface area is 95.7 Å². The molecular weight excluding hydrogens is 204 g/mol. The maximum atomic E-state index is 11.4. The summed E-state index contributed by atoms with van der Waals surface area (Å²) in [5.74, 6) is 0.709. The van der Waals surface area contributed by atoms with E-state index in [1.54, 1.807) is 12.3 Å². The van der Waals surface area contributed by atoms with E-state index in [9.17, 15) is 4.79 Å². The zero-order valence-corrected chi connectivity index (χ0v) is 9.79. The van der Waals surface area contributed by atoms with Gasteiger partial charge in [0.2, 0.25) is 5.91 Å². The minimum atomic E-state index is -0.00952. The average molecular weight is 222 g/mol. The van der Waals surface area contributed by atoms with Crippen LogP contribution < -0.4 is 10.6 Å². The van der Waals surface area contributed by atoms with Gasteiger partial charge in [0.15, 0.2) is 0 Å². The van der Waals surface area contributed by atoms with Crippen LogP contribution >= 0.6 is 0 Å². The van der Waals surface area contributed by atoms with Crippen LogP contribution in [0, 0.1) is 6.92 Å². The largest absolute Gasteiger partial charge is 0.349 e. The highest BCUT2D eigenvalue weighted by molar-refractivity contribution is 5.77. The minimum absolute atomic E-state index is 0.00952. The molecule has 1 aromatic heterocycles. The summed E-state index contributed by atoms with van der Waals surface area (Å²) in [6, 6.07) is 1.80. The van der Waals surface area contributed by atoms with Gasteiger partial charge in [0, 0.05) is 6.20 Å². The normalized spacial score (nSPS) is 10.1. The lowest BCUT2D eigenvalue weighted by Gasteiger charge is -2.05. The van der Waals surface area contributed by atoms with Crippen LogP contribution in [-0.2, 0) is 11.3 Å². The van der Waals surface area contributed by atoms with Gasteiger partial charge in [-0.25, -0.2) is 9.97 Å². The van der Waals surface area contributed by atoms with E-state index in [1.165, 1.54) is 0 Å². The van der Waals surface area contributed by atoms with Crippen LogP contribution in [0.3, 0.4) is 0 Å². The molecule has 1 heterocycles. The summed E-state index contributed by atoms with van der Waals surface area (Å²) in [5.41, 5.74) is 0.830. The highest BCUT2D eigenvalue weighted by Crippen LogP contribution is 1.93. The molecule has 0 bridgehead atoms. The Balaban J connectivity index is 2.26. The predicted molar refractivity (Wildman–Crippen MR) is 61.8 cm³/mol. The lowest BCUT2D eigenvalue weighted by molar-refractivity contribution is -0.120. The molecule has 16 heavy (non-hydrogen) atoms. The Morgan fingerprint density at radius 2 is 2.31 bits per heavy atom. The van der Waals surface area contributed by atoms with Gasteiger partial charge in [-0.2, -0.15) is 0 Å². The number of nitrogens with one attached hydrogen (secondary N) is 2. The average Bonchev–Trinajstić information content (AvgIpc) is 2.27. The summed E-state index contributed by atoms with van der Waals surface area (Å²) in [4.78, 5) is 19.5. The van der Waals surface area contributed by atoms with Crippen molar-refractivity contribution in [2.24, 2.45) is 0 Å². The van der Waals surface area contributed by atoms with Crippen molar-refractivity contribution in [1.29, 1.82) is 0 Å². The standard InChI is InChI=1S/C11H18N4O/c1-3-5-12-8-11(16)14-7-10-4-6-13-9(2)15-10/h4,6,12H,3,5,7-8H2,1-2H3,(H,14,16). The van der Waals surface area contributed by atoms with E-state index in [0.717, 1.165) is 24.5 Å². The summed E-state index contributed by atoms with van der Waals surface area (Å²) < 4.78 is 0.